The molecule has 0 bridgehead atoms. The second-order valence-electron chi connectivity index (χ2n) is 8.30. The zero-order valence-corrected chi connectivity index (χ0v) is 19.7. The summed E-state index contributed by atoms with van der Waals surface area (Å²) in [6, 6.07) is 8.30. The maximum Gasteiger partial charge on any atom is 0.244 e. The highest BCUT2D eigenvalue weighted by Crippen LogP contribution is 2.19. The molecule has 0 aromatic heterocycles. The summed E-state index contributed by atoms with van der Waals surface area (Å²) in [5.41, 5.74) is 1.15. The number of nitrogens with one attached hydrogen (secondary N) is 2. The van der Waals surface area contributed by atoms with Gasteiger partial charge in [0.1, 0.15) is 6.54 Å². The van der Waals surface area contributed by atoms with Gasteiger partial charge in [-0.2, -0.15) is 0 Å². The first-order valence-corrected chi connectivity index (χ1v) is 12.0. The van der Waals surface area contributed by atoms with Crippen LogP contribution in [-0.2, 0) is 4.79 Å². The Balaban J connectivity index is 1.45. The van der Waals surface area contributed by atoms with Crippen molar-refractivity contribution in [3.63, 3.8) is 0 Å². The summed E-state index contributed by atoms with van der Waals surface area (Å²) in [4.78, 5) is 24.0. The summed E-state index contributed by atoms with van der Waals surface area (Å²) in [6.45, 7) is 11.8. The number of rotatable bonds is 7. The van der Waals surface area contributed by atoms with E-state index in [4.69, 9.17) is 11.6 Å². The van der Waals surface area contributed by atoms with Gasteiger partial charge in [-0.15, -0.1) is 0 Å². The van der Waals surface area contributed by atoms with Crippen LogP contribution in [0.4, 0.5) is 5.69 Å². The third-order valence-corrected chi connectivity index (χ3v) is 6.26. The van der Waals surface area contributed by atoms with Gasteiger partial charge in [-0.25, -0.2) is 4.99 Å². The Morgan fingerprint density at radius 2 is 1.74 bits per heavy atom. The maximum absolute atomic E-state index is 12.7. The van der Waals surface area contributed by atoms with Crippen molar-refractivity contribution in [3.8, 4) is 0 Å². The zero-order chi connectivity index (χ0) is 22.1. The van der Waals surface area contributed by atoms with Crippen molar-refractivity contribution >= 4 is 29.2 Å². The fourth-order valence-electron chi connectivity index (χ4n) is 4.24. The van der Waals surface area contributed by atoms with Crippen LogP contribution in [0.1, 0.15) is 33.1 Å². The third kappa shape index (κ3) is 7.28. The number of hydrogen-bond donors (Lipinski definition) is 2. The first kappa shape index (κ1) is 23.7. The number of hydrogen-bond acceptors (Lipinski definition) is 4. The van der Waals surface area contributed by atoms with Crippen LogP contribution in [0.5, 0.6) is 0 Å². The molecular weight excluding hydrogens is 412 g/mol. The summed E-state index contributed by atoms with van der Waals surface area (Å²) in [7, 11) is 0. The minimum absolute atomic E-state index is 0.0886. The highest BCUT2D eigenvalue weighted by atomic mass is 35.5. The van der Waals surface area contributed by atoms with E-state index < -0.39 is 0 Å². The molecule has 2 N–H and O–H groups in total. The van der Waals surface area contributed by atoms with Crippen LogP contribution >= 0.6 is 11.6 Å². The van der Waals surface area contributed by atoms with Gasteiger partial charge in [0.2, 0.25) is 5.91 Å². The van der Waals surface area contributed by atoms with Crippen molar-refractivity contribution in [2.75, 3.05) is 63.8 Å². The molecule has 0 radical (unpaired) electrons. The highest BCUT2D eigenvalue weighted by Gasteiger charge is 2.22. The molecule has 31 heavy (non-hydrogen) atoms. The van der Waals surface area contributed by atoms with E-state index in [0.29, 0.717) is 6.04 Å². The van der Waals surface area contributed by atoms with Gasteiger partial charge in [0, 0.05) is 62.6 Å². The molecule has 0 saturated carbocycles. The topological polar surface area (TPSA) is 63.2 Å². The normalized spacial score (nSPS) is 18.9. The number of anilines is 1. The smallest absolute Gasteiger partial charge is 0.244 e. The maximum atomic E-state index is 12.7. The lowest BCUT2D eigenvalue weighted by molar-refractivity contribution is -0.129. The van der Waals surface area contributed by atoms with Crippen molar-refractivity contribution in [1.29, 1.82) is 0 Å². The van der Waals surface area contributed by atoms with Crippen molar-refractivity contribution in [2.24, 2.45) is 4.99 Å². The molecule has 0 unspecified atom stereocenters. The van der Waals surface area contributed by atoms with Gasteiger partial charge < -0.3 is 25.3 Å². The van der Waals surface area contributed by atoms with E-state index in [1.165, 1.54) is 13.0 Å². The summed E-state index contributed by atoms with van der Waals surface area (Å²) < 4.78 is 0. The molecule has 2 saturated heterocycles. The van der Waals surface area contributed by atoms with Gasteiger partial charge in [-0.1, -0.05) is 18.5 Å². The minimum Gasteiger partial charge on any atom is -0.368 e. The SMILES string of the molecule is CCCN1CCC(NC(=NCC(=O)N2CCN(c3ccc(Cl)cc3)CC2)NCC)CC1. The second kappa shape index (κ2) is 12.2. The van der Waals surface area contributed by atoms with Gasteiger partial charge in [0.05, 0.1) is 0 Å². The molecule has 1 aromatic rings. The van der Waals surface area contributed by atoms with E-state index in [1.807, 2.05) is 29.2 Å². The Hall–Kier alpha value is -1.99. The first-order valence-electron chi connectivity index (χ1n) is 11.6. The van der Waals surface area contributed by atoms with Crippen molar-refractivity contribution in [1.82, 2.24) is 20.4 Å². The van der Waals surface area contributed by atoms with Crippen molar-refractivity contribution in [2.45, 2.75) is 39.2 Å². The summed E-state index contributed by atoms with van der Waals surface area (Å²) in [5.74, 6) is 0.843. The predicted octanol–water partition coefficient (Wildman–Crippen LogP) is 2.42. The lowest BCUT2D eigenvalue weighted by atomic mass is 10.1. The van der Waals surface area contributed by atoms with Gasteiger partial charge in [0.15, 0.2) is 5.96 Å². The number of guanidine groups is 1. The monoisotopic (exact) mass is 448 g/mol. The van der Waals surface area contributed by atoms with Crippen LogP contribution in [0.25, 0.3) is 0 Å². The Morgan fingerprint density at radius 3 is 2.35 bits per heavy atom. The number of amides is 1. The largest absolute Gasteiger partial charge is 0.368 e. The number of benzene rings is 1. The molecule has 8 heteroatoms. The fourth-order valence-corrected chi connectivity index (χ4v) is 4.37. The molecule has 1 amide bonds. The Morgan fingerprint density at radius 1 is 1.06 bits per heavy atom. The quantitative estimate of drug-likeness (QED) is 0.495. The average molecular weight is 449 g/mol. The van der Waals surface area contributed by atoms with Gasteiger partial charge in [-0.05, 0) is 57.0 Å². The number of aliphatic imine (C=N–C) groups is 1. The van der Waals surface area contributed by atoms with Crippen LogP contribution < -0.4 is 15.5 Å². The number of carbonyl (C=O) groups excluding carboxylic acids is 1. The van der Waals surface area contributed by atoms with Crippen LogP contribution in [0.3, 0.4) is 0 Å². The zero-order valence-electron chi connectivity index (χ0n) is 18.9. The molecule has 3 rings (SSSR count). The number of likely N-dealkylation sites (tertiary alicyclic amines) is 1. The highest BCUT2D eigenvalue weighted by molar-refractivity contribution is 6.30. The van der Waals surface area contributed by atoms with Crippen molar-refractivity contribution in [3.05, 3.63) is 29.3 Å². The fraction of sp³-hybridized carbons (Fsp3) is 0.652. The van der Waals surface area contributed by atoms with Gasteiger partial charge in [0.25, 0.3) is 0 Å². The molecule has 172 valence electrons. The molecule has 0 atom stereocenters. The number of halogens is 1. The molecule has 0 aliphatic carbocycles. The van der Waals surface area contributed by atoms with E-state index in [1.54, 1.807) is 0 Å². The molecule has 2 fully saturated rings. The van der Waals surface area contributed by atoms with Crippen molar-refractivity contribution < 1.29 is 4.79 Å². The van der Waals surface area contributed by atoms with Crippen LogP contribution in [0, 0.1) is 0 Å². The number of nitrogens with zero attached hydrogens (tertiary/aromatic N) is 4. The molecular formula is C23H37ClN6O. The number of piperidine rings is 1. The molecule has 2 aliphatic heterocycles. The van der Waals surface area contributed by atoms with Crippen LogP contribution in [0.2, 0.25) is 5.02 Å². The van der Waals surface area contributed by atoms with Gasteiger partial charge in [-0.3, -0.25) is 4.79 Å². The summed E-state index contributed by atoms with van der Waals surface area (Å²) in [5, 5.41) is 7.57. The first-order chi connectivity index (χ1) is 15.1. The molecule has 0 spiro atoms. The Labute approximate surface area is 191 Å². The summed E-state index contributed by atoms with van der Waals surface area (Å²) >= 11 is 5.98. The second-order valence-corrected chi connectivity index (χ2v) is 8.74. The average Bonchev–Trinajstić information content (AvgIpc) is 2.79. The standard InChI is InChI=1S/C23H37ClN6O/c1-3-11-28-12-9-20(10-13-28)27-23(25-4-2)26-18-22(31)30-16-14-29(15-17-30)21-7-5-19(24)6-8-21/h5-8,20H,3-4,9-18H2,1-2H3,(H2,25,26,27). The van der Waals surface area contributed by atoms with E-state index >= 15 is 0 Å². The van der Waals surface area contributed by atoms with Crippen LogP contribution in [0.15, 0.2) is 29.3 Å². The molecule has 2 heterocycles. The van der Waals surface area contributed by atoms with E-state index in [2.05, 4.69) is 39.3 Å². The lowest BCUT2D eigenvalue weighted by Crippen LogP contribution is -2.50. The minimum atomic E-state index is 0.0886. The summed E-state index contributed by atoms with van der Waals surface area (Å²) in [6.07, 6.45) is 3.44. The van der Waals surface area contributed by atoms with E-state index in [-0.39, 0.29) is 12.5 Å². The third-order valence-electron chi connectivity index (χ3n) is 6.01. The Kier molecular flexibility index (Phi) is 9.28. The number of carbonyl (C=O) groups is 1. The molecule has 7 nitrogen and oxygen atoms in total. The van der Waals surface area contributed by atoms with E-state index in [9.17, 15) is 4.79 Å². The van der Waals surface area contributed by atoms with Gasteiger partial charge >= 0.3 is 0 Å². The molecule has 2 aliphatic rings. The Bertz CT molecular complexity index is 709. The van der Waals surface area contributed by atoms with E-state index in [0.717, 1.165) is 75.3 Å². The molecule has 1 aromatic carbocycles. The van der Waals surface area contributed by atoms with Crippen LogP contribution in [-0.4, -0.2) is 86.6 Å². The predicted molar refractivity (Wildman–Crippen MR) is 129 cm³/mol. The lowest BCUT2D eigenvalue weighted by Gasteiger charge is -2.36. The number of piperazine rings is 1.